The highest BCUT2D eigenvalue weighted by molar-refractivity contribution is 5.76. The van der Waals surface area contributed by atoms with Crippen molar-refractivity contribution < 1.29 is 19.0 Å². The largest absolute Gasteiger partial charge is 0.388 e. The Balaban J connectivity index is 1.81. The van der Waals surface area contributed by atoms with Crippen molar-refractivity contribution in [1.29, 1.82) is 0 Å². The third-order valence-corrected chi connectivity index (χ3v) is 4.21. The molecule has 4 nitrogen and oxygen atoms in total. The third-order valence-electron chi connectivity index (χ3n) is 4.21. The van der Waals surface area contributed by atoms with Crippen molar-refractivity contribution in [3.05, 3.63) is 35.6 Å². The van der Waals surface area contributed by atoms with Gasteiger partial charge in [-0.1, -0.05) is 12.1 Å². The molecule has 1 amide bonds. The fourth-order valence-electron chi connectivity index (χ4n) is 2.86. The Morgan fingerprint density at radius 3 is 2.59 bits per heavy atom. The highest BCUT2D eigenvalue weighted by Crippen LogP contribution is 2.30. The van der Waals surface area contributed by atoms with Crippen LogP contribution in [0.4, 0.5) is 4.39 Å². The van der Waals surface area contributed by atoms with E-state index in [4.69, 9.17) is 4.74 Å². The molecule has 1 N–H and O–H groups in total. The molecule has 1 atom stereocenters. The average molecular weight is 309 g/mol. The number of hydrogen-bond acceptors (Lipinski definition) is 3. The van der Waals surface area contributed by atoms with E-state index in [2.05, 4.69) is 0 Å². The number of hydrogen-bond donors (Lipinski definition) is 1. The van der Waals surface area contributed by atoms with Gasteiger partial charge in [0.25, 0.3) is 0 Å². The maximum absolute atomic E-state index is 12.9. The van der Waals surface area contributed by atoms with Gasteiger partial charge in [0.05, 0.1) is 19.1 Å². The Kier molecular flexibility index (Phi) is 6.34. The summed E-state index contributed by atoms with van der Waals surface area (Å²) in [5.74, 6) is -0.0739. The number of likely N-dealkylation sites (tertiary alicyclic amines) is 1. The summed E-state index contributed by atoms with van der Waals surface area (Å²) >= 11 is 0. The molecular formula is C17H24FNO3. The zero-order valence-electron chi connectivity index (χ0n) is 13.0. The van der Waals surface area contributed by atoms with Gasteiger partial charge in [-0.3, -0.25) is 4.79 Å². The lowest BCUT2D eigenvalue weighted by Gasteiger charge is -2.34. The predicted molar refractivity (Wildman–Crippen MR) is 81.8 cm³/mol. The first-order chi connectivity index (χ1) is 10.6. The molecule has 1 aliphatic rings. The van der Waals surface area contributed by atoms with Crippen LogP contribution in [0.15, 0.2) is 24.3 Å². The molecule has 1 aromatic rings. The minimum atomic E-state index is -0.596. The van der Waals surface area contributed by atoms with E-state index in [1.165, 1.54) is 12.1 Å². The number of rotatable bonds is 6. The van der Waals surface area contributed by atoms with E-state index < -0.39 is 6.10 Å². The van der Waals surface area contributed by atoms with Gasteiger partial charge in [0.1, 0.15) is 5.82 Å². The van der Waals surface area contributed by atoms with Gasteiger partial charge in [0.15, 0.2) is 0 Å². The van der Waals surface area contributed by atoms with Gasteiger partial charge in [-0.25, -0.2) is 4.39 Å². The number of aliphatic hydroxyl groups is 1. The van der Waals surface area contributed by atoms with Crippen LogP contribution in [-0.4, -0.2) is 42.2 Å². The molecule has 0 bridgehead atoms. The summed E-state index contributed by atoms with van der Waals surface area (Å²) in [5.41, 5.74) is 0.738. The van der Waals surface area contributed by atoms with Crippen LogP contribution < -0.4 is 0 Å². The lowest BCUT2D eigenvalue weighted by Crippen LogP contribution is -2.40. The van der Waals surface area contributed by atoms with Gasteiger partial charge in [-0.2, -0.15) is 0 Å². The van der Waals surface area contributed by atoms with Crippen molar-refractivity contribution in [1.82, 2.24) is 4.90 Å². The first kappa shape index (κ1) is 16.9. The van der Waals surface area contributed by atoms with Crippen LogP contribution in [0.1, 0.15) is 37.9 Å². The Morgan fingerprint density at radius 1 is 1.36 bits per heavy atom. The Bertz CT molecular complexity index is 469. The summed E-state index contributed by atoms with van der Waals surface area (Å²) in [6.07, 6.45) is 1.35. The second-order valence-corrected chi connectivity index (χ2v) is 5.66. The second-order valence-electron chi connectivity index (χ2n) is 5.66. The predicted octanol–water partition coefficient (Wildman–Crippen LogP) is 2.52. The summed E-state index contributed by atoms with van der Waals surface area (Å²) in [6, 6.07) is 5.98. The zero-order valence-corrected chi connectivity index (χ0v) is 13.0. The van der Waals surface area contributed by atoms with Crippen LogP contribution >= 0.6 is 0 Å². The van der Waals surface area contributed by atoms with Crippen molar-refractivity contribution >= 4 is 5.91 Å². The minimum absolute atomic E-state index is 0.112. The first-order valence-electron chi connectivity index (χ1n) is 7.91. The Hall–Kier alpha value is -1.46. The van der Waals surface area contributed by atoms with Gasteiger partial charge in [-0.15, -0.1) is 0 Å². The molecular weight excluding hydrogens is 285 g/mol. The topological polar surface area (TPSA) is 49.8 Å². The molecule has 2 rings (SSSR count). The van der Waals surface area contributed by atoms with E-state index in [1.807, 2.05) is 11.8 Å². The fourth-order valence-corrected chi connectivity index (χ4v) is 2.86. The number of benzene rings is 1. The molecule has 1 fully saturated rings. The van der Waals surface area contributed by atoms with Gasteiger partial charge < -0.3 is 14.7 Å². The van der Waals surface area contributed by atoms with Crippen molar-refractivity contribution in [2.45, 2.75) is 32.3 Å². The summed E-state index contributed by atoms with van der Waals surface area (Å²) in [5, 5.41) is 10.4. The van der Waals surface area contributed by atoms with Crippen molar-refractivity contribution in [2.24, 2.45) is 5.92 Å². The normalized spacial score (nSPS) is 17.5. The number of nitrogens with zero attached hydrogens (tertiary/aromatic N) is 1. The minimum Gasteiger partial charge on any atom is -0.388 e. The van der Waals surface area contributed by atoms with Gasteiger partial charge >= 0.3 is 0 Å². The smallest absolute Gasteiger partial charge is 0.224 e. The molecule has 0 aromatic heterocycles. The Morgan fingerprint density at radius 2 is 2.00 bits per heavy atom. The molecule has 5 heteroatoms. The zero-order chi connectivity index (χ0) is 15.9. The molecule has 22 heavy (non-hydrogen) atoms. The molecule has 0 radical (unpaired) electrons. The van der Waals surface area contributed by atoms with E-state index in [1.54, 1.807) is 12.1 Å². The quantitative estimate of drug-likeness (QED) is 0.822. The molecule has 1 aliphatic heterocycles. The first-order valence-corrected chi connectivity index (χ1v) is 7.91. The summed E-state index contributed by atoms with van der Waals surface area (Å²) in [4.78, 5) is 13.8. The SMILES string of the molecule is CCOCCC(=O)N1CCC(C(O)c2ccc(F)cc2)CC1. The maximum atomic E-state index is 12.9. The van der Waals surface area contributed by atoms with Gasteiger partial charge in [-0.05, 0) is 43.4 Å². The van der Waals surface area contributed by atoms with E-state index in [0.29, 0.717) is 32.7 Å². The van der Waals surface area contributed by atoms with Crippen LogP contribution in [0.5, 0.6) is 0 Å². The van der Waals surface area contributed by atoms with Gasteiger partial charge in [0, 0.05) is 19.7 Å². The molecule has 0 aliphatic carbocycles. The van der Waals surface area contributed by atoms with E-state index >= 15 is 0 Å². The van der Waals surface area contributed by atoms with Crippen LogP contribution in [-0.2, 0) is 9.53 Å². The maximum Gasteiger partial charge on any atom is 0.224 e. The number of amides is 1. The van der Waals surface area contributed by atoms with E-state index in [0.717, 1.165) is 18.4 Å². The monoisotopic (exact) mass is 309 g/mol. The standard InChI is InChI=1S/C17H24FNO3/c1-2-22-12-9-16(20)19-10-7-14(8-11-19)17(21)13-3-5-15(18)6-4-13/h3-6,14,17,21H,2,7-12H2,1H3. The molecule has 0 saturated carbocycles. The van der Waals surface area contributed by atoms with E-state index in [9.17, 15) is 14.3 Å². The second kappa shape index (κ2) is 8.25. The highest BCUT2D eigenvalue weighted by atomic mass is 19.1. The summed E-state index contributed by atoms with van der Waals surface area (Å²) < 4.78 is 18.1. The molecule has 1 heterocycles. The average Bonchev–Trinajstić information content (AvgIpc) is 2.55. The van der Waals surface area contributed by atoms with Crippen LogP contribution in [0.2, 0.25) is 0 Å². The van der Waals surface area contributed by atoms with Crippen LogP contribution in [0.3, 0.4) is 0 Å². The van der Waals surface area contributed by atoms with E-state index in [-0.39, 0.29) is 17.6 Å². The summed E-state index contributed by atoms with van der Waals surface area (Å²) in [6.45, 7) is 4.32. The van der Waals surface area contributed by atoms with Crippen molar-refractivity contribution in [2.75, 3.05) is 26.3 Å². The summed E-state index contributed by atoms with van der Waals surface area (Å²) in [7, 11) is 0. The van der Waals surface area contributed by atoms with Crippen LogP contribution in [0, 0.1) is 11.7 Å². The molecule has 1 aromatic carbocycles. The lowest BCUT2D eigenvalue weighted by molar-refractivity contribution is -0.134. The van der Waals surface area contributed by atoms with Crippen molar-refractivity contribution in [3.8, 4) is 0 Å². The van der Waals surface area contributed by atoms with Crippen LogP contribution in [0.25, 0.3) is 0 Å². The number of aliphatic hydroxyl groups excluding tert-OH is 1. The fraction of sp³-hybridized carbons (Fsp3) is 0.588. The highest BCUT2D eigenvalue weighted by Gasteiger charge is 2.28. The molecule has 1 unspecified atom stereocenters. The molecule has 1 saturated heterocycles. The lowest BCUT2D eigenvalue weighted by atomic mass is 9.87. The number of piperidine rings is 1. The Labute approximate surface area is 130 Å². The molecule has 0 spiro atoms. The molecule has 122 valence electrons. The van der Waals surface area contributed by atoms with Crippen molar-refractivity contribution in [3.63, 3.8) is 0 Å². The number of ether oxygens (including phenoxy) is 1. The van der Waals surface area contributed by atoms with Gasteiger partial charge in [0.2, 0.25) is 5.91 Å². The number of halogens is 1. The third kappa shape index (κ3) is 4.52. The number of carbonyl (C=O) groups excluding carboxylic acids is 1. The number of carbonyl (C=O) groups is 1.